The fourth-order valence-corrected chi connectivity index (χ4v) is 4.63. The molecule has 0 fully saturated rings. The van der Waals surface area contributed by atoms with Gasteiger partial charge in [0.1, 0.15) is 11.6 Å². The van der Waals surface area contributed by atoms with E-state index in [2.05, 4.69) is 5.32 Å². The number of para-hydroxylation sites is 2. The van der Waals surface area contributed by atoms with Crippen LogP contribution in [-0.4, -0.2) is 57.2 Å². The number of fused-ring (bicyclic) bond motifs is 1. The Morgan fingerprint density at radius 3 is 2.24 bits per heavy atom. The molecule has 182 valence electrons. The number of hydrogen-bond acceptors (Lipinski definition) is 6. The summed E-state index contributed by atoms with van der Waals surface area (Å²) in [6, 6.07) is 12.2. The summed E-state index contributed by atoms with van der Waals surface area (Å²) >= 11 is 0. The molecule has 2 aromatic carbocycles. The van der Waals surface area contributed by atoms with Crippen molar-refractivity contribution in [1.29, 1.82) is 0 Å². The van der Waals surface area contributed by atoms with Gasteiger partial charge in [0.2, 0.25) is 10.0 Å². The molecule has 1 aliphatic rings. The molecule has 2 aromatic rings. The van der Waals surface area contributed by atoms with Crippen LogP contribution in [0.5, 0.6) is 0 Å². The van der Waals surface area contributed by atoms with Crippen LogP contribution < -0.4 is 14.5 Å². The summed E-state index contributed by atoms with van der Waals surface area (Å²) in [4.78, 5) is 40.5. The number of carbonyl (C=O) groups is 3. The molecule has 34 heavy (non-hydrogen) atoms. The predicted molar refractivity (Wildman–Crippen MR) is 130 cm³/mol. The van der Waals surface area contributed by atoms with Crippen LogP contribution in [0.4, 0.5) is 16.2 Å². The zero-order valence-electron chi connectivity index (χ0n) is 19.9. The zero-order chi connectivity index (χ0) is 25.3. The summed E-state index contributed by atoms with van der Waals surface area (Å²) in [5.41, 5.74) is 0.883. The van der Waals surface area contributed by atoms with Gasteiger partial charge in [-0.2, -0.15) is 0 Å². The highest BCUT2D eigenvalue weighted by atomic mass is 32.2. The number of carbonyl (C=O) groups excluding carboxylic acids is 3. The summed E-state index contributed by atoms with van der Waals surface area (Å²) in [5.74, 6) is -0.934. The summed E-state index contributed by atoms with van der Waals surface area (Å²) < 4.78 is 31.6. The van der Waals surface area contributed by atoms with Crippen molar-refractivity contribution in [2.45, 2.75) is 39.3 Å². The van der Waals surface area contributed by atoms with Crippen molar-refractivity contribution in [2.24, 2.45) is 0 Å². The first-order chi connectivity index (χ1) is 15.8. The first-order valence-corrected chi connectivity index (χ1v) is 12.6. The molecule has 0 radical (unpaired) electrons. The number of hydrogen-bond donors (Lipinski definition) is 1. The highest BCUT2D eigenvalue weighted by Crippen LogP contribution is 2.34. The highest BCUT2D eigenvalue weighted by Gasteiger charge is 2.39. The summed E-state index contributed by atoms with van der Waals surface area (Å²) in [6.07, 6.45) is 0.155. The van der Waals surface area contributed by atoms with Gasteiger partial charge in [-0.3, -0.25) is 13.9 Å². The van der Waals surface area contributed by atoms with Gasteiger partial charge in [-0.1, -0.05) is 36.4 Å². The lowest BCUT2D eigenvalue weighted by Gasteiger charge is -2.26. The van der Waals surface area contributed by atoms with E-state index in [4.69, 9.17) is 4.74 Å². The Morgan fingerprint density at radius 2 is 1.65 bits per heavy atom. The second-order valence-corrected chi connectivity index (χ2v) is 11.1. The summed E-state index contributed by atoms with van der Waals surface area (Å²) in [6.45, 7) is 6.14. The van der Waals surface area contributed by atoms with Crippen LogP contribution in [0.2, 0.25) is 0 Å². The van der Waals surface area contributed by atoms with E-state index in [-0.39, 0.29) is 30.2 Å². The SMILES string of the molecule is Cc1ccccc1C(=O)CN1C(=O)C(NC(=O)OC(C)(C)C)CN(S(C)(=O)=O)c2ccccc21. The van der Waals surface area contributed by atoms with Gasteiger partial charge in [-0.15, -0.1) is 0 Å². The largest absolute Gasteiger partial charge is 0.444 e. The maximum absolute atomic E-state index is 13.6. The first kappa shape index (κ1) is 25.2. The molecule has 0 spiro atoms. The Hall–Kier alpha value is -3.40. The van der Waals surface area contributed by atoms with E-state index in [0.717, 1.165) is 16.1 Å². The van der Waals surface area contributed by atoms with E-state index in [1.165, 1.54) is 4.90 Å². The number of Topliss-reactive ketones (excluding diaryl/α,β-unsaturated/α-hetero) is 1. The third-order valence-corrected chi connectivity index (χ3v) is 6.34. The molecule has 3 rings (SSSR count). The Morgan fingerprint density at radius 1 is 1.06 bits per heavy atom. The second kappa shape index (κ2) is 9.46. The van der Waals surface area contributed by atoms with Gasteiger partial charge in [0, 0.05) is 5.56 Å². The van der Waals surface area contributed by atoms with E-state index in [0.29, 0.717) is 5.56 Å². The smallest absolute Gasteiger partial charge is 0.408 e. The number of sulfonamides is 1. The summed E-state index contributed by atoms with van der Waals surface area (Å²) in [7, 11) is -3.82. The van der Waals surface area contributed by atoms with Crippen molar-refractivity contribution in [3.8, 4) is 0 Å². The Balaban J connectivity index is 2.05. The maximum Gasteiger partial charge on any atom is 0.408 e. The Labute approximate surface area is 199 Å². The molecular weight excluding hydrogens is 458 g/mol. The topological polar surface area (TPSA) is 113 Å². The summed E-state index contributed by atoms with van der Waals surface area (Å²) in [5, 5.41) is 2.49. The third-order valence-electron chi connectivity index (χ3n) is 5.19. The minimum absolute atomic E-state index is 0.240. The van der Waals surface area contributed by atoms with Gasteiger partial charge in [0.15, 0.2) is 5.78 Å². The van der Waals surface area contributed by atoms with Gasteiger partial charge < -0.3 is 15.0 Å². The van der Waals surface area contributed by atoms with E-state index >= 15 is 0 Å². The molecule has 10 heteroatoms. The number of ether oxygens (including phenoxy) is 1. The lowest BCUT2D eigenvalue weighted by molar-refractivity contribution is -0.120. The van der Waals surface area contributed by atoms with E-state index < -0.39 is 33.7 Å². The molecule has 0 saturated carbocycles. The number of aryl methyl sites for hydroxylation is 1. The Bertz CT molecular complexity index is 1220. The lowest BCUT2D eigenvalue weighted by Crippen LogP contribution is -2.54. The quantitative estimate of drug-likeness (QED) is 0.649. The number of benzene rings is 2. The average molecular weight is 488 g/mol. The average Bonchev–Trinajstić information content (AvgIpc) is 2.83. The molecule has 1 heterocycles. The van der Waals surface area contributed by atoms with Crippen LogP contribution >= 0.6 is 0 Å². The number of amides is 2. The molecule has 1 N–H and O–H groups in total. The van der Waals surface area contributed by atoms with E-state index in [1.807, 2.05) is 6.07 Å². The van der Waals surface area contributed by atoms with Crippen LogP contribution in [0, 0.1) is 6.92 Å². The lowest BCUT2D eigenvalue weighted by atomic mass is 10.0. The fraction of sp³-hybridized carbons (Fsp3) is 0.375. The van der Waals surface area contributed by atoms with Gasteiger partial charge in [-0.05, 0) is 45.4 Å². The standard InChI is InChI=1S/C24H29N3O6S/c1-16-10-6-7-11-17(16)21(28)15-26-19-12-8-9-13-20(19)27(34(5,31)32)14-18(22(26)29)25-23(30)33-24(2,3)4/h6-13,18H,14-15H2,1-5H3,(H,25,30). The van der Waals surface area contributed by atoms with Crippen molar-refractivity contribution in [2.75, 3.05) is 28.6 Å². The molecule has 9 nitrogen and oxygen atoms in total. The van der Waals surface area contributed by atoms with Crippen LogP contribution in [0.15, 0.2) is 48.5 Å². The van der Waals surface area contributed by atoms with Crippen LogP contribution in [0.25, 0.3) is 0 Å². The maximum atomic E-state index is 13.6. The number of anilines is 2. The predicted octanol–water partition coefficient (Wildman–Crippen LogP) is 2.88. The highest BCUT2D eigenvalue weighted by molar-refractivity contribution is 7.92. The number of nitrogens with one attached hydrogen (secondary N) is 1. The van der Waals surface area contributed by atoms with Gasteiger partial charge >= 0.3 is 6.09 Å². The molecule has 1 unspecified atom stereocenters. The molecule has 0 aromatic heterocycles. The van der Waals surface area contributed by atoms with Gasteiger partial charge in [0.05, 0.1) is 30.7 Å². The molecule has 1 atom stereocenters. The molecule has 0 saturated heterocycles. The first-order valence-electron chi connectivity index (χ1n) is 10.7. The zero-order valence-corrected chi connectivity index (χ0v) is 20.7. The van der Waals surface area contributed by atoms with Crippen LogP contribution in [0.1, 0.15) is 36.7 Å². The van der Waals surface area contributed by atoms with Crippen molar-refractivity contribution in [3.05, 3.63) is 59.7 Å². The monoisotopic (exact) mass is 487 g/mol. The van der Waals surface area contributed by atoms with E-state index in [9.17, 15) is 22.8 Å². The minimum Gasteiger partial charge on any atom is -0.444 e. The van der Waals surface area contributed by atoms with Crippen LogP contribution in [0.3, 0.4) is 0 Å². The number of nitrogens with zero attached hydrogens (tertiary/aromatic N) is 2. The molecule has 0 aliphatic carbocycles. The minimum atomic E-state index is -3.82. The number of rotatable bonds is 5. The molecule has 0 bridgehead atoms. The number of ketones is 1. The normalized spacial score (nSPS) is 16.5. The Kier molecular flexibility index (Phi) is 7.02. The van der Waals surface area contributed by atoms with Crippen molar-refractivity contribution in [3.63, 3.8) is 0 Å². The van der Waals surface area contributed by atoms with Crippen molar-refractivity contribution >= 4 is 39.2 Å². The fourth-order valence-electron chi connectivity index (χ4n) is 3.70. The van der Waals surface area contributed by atoms with Crippen molar-refractivity contribution in [1.82, 2.24) is 5.32 Å². The van der Waals surface area contributed by atoms with Gasteiger partial charge in [0.25, 0.3) is 5.91 Å². The van der Waals surface area contributed by atoms with Crippen molar-refractivity contribution < 1.29 is 27.5 Å². The molecule has 2 amide bonds. The molecular formula is C24H29N3O6S. The third kappa shape index (κ3) is 5.74. The van der Waals surface area contributed by atoms with Crippen LogP contribution in [-0.2, 0) is 19.6 Å². The number of alkyl carbamates (subject to hydrolysis) is 1. The van der Waals surface area contributed by atoms with Gasteiger partial charge in [-0.25, -0.2) is 13.2 Å². The second-order valence-electron chi connectivity index (χ2n) is 9.14. The van der Waals surface area contributed by atoms with E-state index in [1.54, 1.807) is 70.2 Å². The molecule has 1 aliphatic heterocycles.